The number of carbonyl (C=O) groups is 1. The zero-order valence-electron chi connectivity index (χ0n) is 15.3. The van der Waals surface area contributed by atoms with Gasteiger partial charge in [0.25, 0.3) is 5.91 Å². The van der Waals surface area contributed by atoms with Gasteiger partial charge in [-0.15, -0.1) is 0 Å². The number of rotatable bonds is 7. The molecule has 2 N–H and O–H groups in total. The van der Waals surface area contributed by atoms with Crippen molar-refractivity contribution in [2.45, 2.75) is 26.7 Å². The van der Waals surface area contributed by atoms with Crippen molar-refractivity contribution in [3.63, 3.8) is 0 Å². The van der Waals surface area contributed by atoms with E-state index in [2.05, 4.69) is 28.8 Å². The van der Waals surface area contributed by atoms with Crippen LogP contribution in [0.1, 0.15) is 37.0 Å². The van der Waals surface area contributed by atoms with Crippen LogP contribution in [0.3, 0.4) is 0 Å². The van der Waals surface area contributed by atoms with E-state index in [9.17, 15) is 13.2 Å². The summed E-state index contributed by atoms with van der Waals surface area (Å²) in [7, 11) is -3.30. The first-order chi connectivity index (χ1) is 11.7. The van der Waals surface area contributed by atoms with Gasteiger partial charge in [-0.3, -0.25) is 9.52 Å². The molecule has 25 heavy (non-hydrogen) atoms. The quantitative estimate of drug-likeness (QED) is 0.724. The van der Waals surface area contributed by atoms with E-state index in [1.54, 1.807) is 24.3 Å². The van der Waals surface area contributed by atoms with Gasteiger partial charge in [0, 0.05) is 30.9 Å². The summed E-state index contributed by atoms with van der Waals surface area (Å²) in [4.78, 5) is 14.6. The lowest BCUT2D eigenvalue weighted by Gasteiger charge is -2.34. The molecule has 0 spiro atoms. The van der Waals surface area contributed by atoms with Crippen LogP contribution in [0.25, 0.3) is 0 Å². The standard InChI is InChI=1S/C18H29N3O3S/c1-14-11-15(2)13-21(12-14)10-4-9-19-18(22)16-5-7-17(8-6-16)20-25(3,23)24/h5-8,14-15,20H,4,9-13H2,1-3H3,(H,19,22)/t14-,15+. The largest absolute Gasteiger partial charge is 0.352 e. The highest BCUT2D eigenvalue weighted by Crippen LogP contribution is 2.20. The van der Waals surface area contributed by atoms with Crippen LogP contribution >= 0.6 is 0 Å². The van der Waals surface area contributed by atoms with Gasteiger partial charge in [0.15, 0.2) is 0 Å². The van der Waals surface area contributed by atoms with E-state index in [4.69, 9.17) is 0 Å². The Morgan fingerprint density at radius 3 is 2.32 bits per heavy atom. The van der Waals surface area contributed by atoms with Gasteiger partial charge in [-0.2, -0.15) is 0 Å². The molecule has 0 radical (unpaired) electrons. The van der Waals surface area contributed by atoms with Crippen molar-refractivity contribution in [2.24, 2.45) is 11.8 Å². The Bertz CT molecular complexity index is 663. The van der Waals surface area contributed by atoms with Crippen LogP contribution < -0.4 is 10.0 Å². The molecule has 1 aromatic carbocycles. The fraction of sp³-hybridized carbons (Fsp3) is 0.611. The van der Waals surface area contributed by atoms with E-state index in [0.29, 0.717) is 17.8 Å². The van der Waals surface area contributed by atoms with E-state index in [0.717, 1.165) is 44.1 Å². The molecule has 0 bridgehead atoms. The summed E-state index contributed by atoms with van der Waals surface area (Å²) in [5.41, 5.74) is 0.978. The number of anilines is 1. The van der Waals surface area contributed by atoms with Crippen molar-refractivity contribution >= 4 is 21.6 Å². The Labute approximate surface area is 151 Å². The van der Waals surface area contributed by atoms with Crippen LogP contribution in [0.4, 0.5) is 5.69 Å². The second-order valence-electron chi connectivity index (χ2n) is 7.27. The third-order valence-electron chi connectivity index (χ3n) is 4.33. The normalized spacial score (nSPS) is 21.7. The van der Waals surface area contributed by atoms with Gasteiger partial charge in [-0.25, -0.2) is 8.42 Å². The highest BCUT2D eigenvalue weighted by Gasteiger charge is 2.21. The van der Waals surface area contributed by atoms with Gasteiger partial charge >= 0.3 is 0 Å². The van der Waals surface area contributed by atoms with Gasteiger partial charge in [0.05, 0.1) is 6.26 Å². The van der Waals surface area contributed by atoms with Crippen LogP contribution in [-0.2, 0) is 10.0 Å². The molecule has 0 aromatic heterocycles. The predicted molar refractivity (Wildman–Crippen MR) is 101 cm³/mol. The molecule has 6 nitrogen and oxygen atoms in total. The van der Waals surface area contributed by atoms with E-state index in [1.807, 2.05) is 0 Å². The Hall–Kier alpha value is -1.60. The number of amides is 1. The smallest absolute Gasteiger partial charge is 0.251 e. The van der Waals surface area contributed by atoms with Crippen molar-refractivity contribution in [1.82, 2.24) is 10.2 Å². The van der Waals surface area contributed by atoms with Crippen molar-refractivity contribution in [3.05, 3.63) is 29.8 Å². The average Bonchev–Trinajstić information content (AvgIpc) is 2.49. The van der Waals surface area contributed by atoms with Crippen molar-refractivity contribution in [3.8, 4) is 0 Å². The zero-order valence-corrected chi connectivity index (χ0v) is 16.1. The highest BCUT2D eigenvalue weighted by molar-refractivity contribution is 7.92. The monoisotopic (exact) mass is 367 g/mol. The Morgan fingerprint density at radius 2 is 1.76 bits per heavy atom. The molecule has 1 aliphatic heterocycles. The summed E-state index contributed by atoms with van der Waals surface area (Å²) in [6.07, 6.45) is 3.33. The lowest BCUT2D eigenvalue weighted by Crippen LogP contribution is -2.40. The minimum absolute atomic E-state index is 0.133. The van der Waals surface area contributed by atoms with Gasteiger partial charge in [0.1, 0.15) is 0 Å². The number of carbonyl (C=O) groups excluding carboxylic acids is 1. The van der Waals surface area contributed by atoms with Gasteiger partial charge < -0.3 is 10.2 Å². The fourth-order valence-corrected chi connectivity index (χ4v) is 4.05. The van der Waals surface area contributed by atoms with E-state index < -0.39 is 10.0 Å². The molecule has 1 aliphatic rings. The van der Waals surface area contributed by atoms with Crippen molar-refractivity contribution < 1.29 is 13.2 Å². The minimum Gasteiger partial charge on any atom is -0.352 e. The van der Waals surface area contributed by atoms with Crippen LogP contribution in [0, 0.1) is 11.8 Å². The zero-order chi connectivity index (χ0) is 18.4. The number of sulfonamides is 1. The molecule has 2 rings (SSSR count). The Morgan fingerprint density at radius 1 is 1.16 bits per heavy atom. The highest BCUT2D eigenvalue weighted by atomic mass is 32.2. The Balaban J connectivity index is 1.73. The molecule has 1 heterocycles. The van der Waals surface area contributed by atoms with Crippen molar-refractivity contribution in [1.29, 1.82) is 0 Å². The van der Waals surface area contributed by atoms with E-state index in [1.165, 1.54) is 6.42 Å². The molecule has 1 fully saturated rings. The number of piperidine rings is 1. The van der Waals surface area contributed by atoms with Gasteiger partial charge in [-0.05, 0) is 55.5 Å². The summed E-state index contributed by atoms with van der Waals surface area (Å²) in [5.74, 6) is 1.36. The first kappa shape index (κ1) is 19.7. The number of likely N-dealkylation sites (tertiary alicyclic amines) is 1. The number of benzene rings is 1. The lowest BCUT2D eigenvalue weighted by atomic mass is 9.92. The molecular weight excluding hydrogens is 338 g/mol. The summed E-state index contributed by atoms with van der Waals surface area (Å²) >= 11 is 0. The van der Waals surface area contributed by atoms with Crippen LogP contribution in [0.15, 0.2) is 24.3 Å². The molecule has 1 amide bonds. The van der Waals surface area contributed by atoms with Crippen LogP contribution in [-0.4, -0.2) is 51.7 Å². The number of hydrogen-bond donors (Lipinski definition) is 2. The molecule has 0 saturated carbocycles. The fourth-order valence-electron chi connectivity index (χ4n) is 3.48. The second-order valence-corrected chi connectivity index (χ2v) is 9.02. The van der Waals surface area contributed by atoms with Crippen LogP contribution in [0.5, 0.6) is 0 Å². The SMILES string of the molecule is C[C@@H]1C[C@H](C)CN(CCCNC(=O)c2ccc(NS(C)(=O)=O)cc2)C1. The Kier molecular flexibility index (Phi) is 6.84. The summed E-state index contributed by atoms with van der Waals surface area (Å²) in [5, 5.41) is 2.92. The molecule has 0 aliphatic carbocycles. The summed E-state index contributed by atoms with van der Waals surface area (Å²) < 4.78 is 24.7. The third kappa shape index (κ3) is 7.04. The lowest BCUT2D eigenvalue weighted by molar-refractivity contribution is 0.0947. The average molecular weight is 368 g/mol. The summed E-state index contributed by atoms with van der Waals surface area (Å²) in [6, 6.07) is 6.42. The van der Waals surface area contributed by atoms with Gasteiger partial charge in [-0.1, -0.05) is 13.8 Å². The third-order valence-corrected chi connectivity index (χ3v) is 4.94. The molecule has 7 heteroatoms. The second kappa shape index (κ2) is 8.67. The molecule has 140 valence electrons. The van der Waals surface area contributed by atoms with E-state index in [-0.39, 0.29) is 5.91 Å². The van der Waals surface area contributed by atoms with Crippen molar-refractivity contribution in [2.75, 3.05) is 37.2 Å². The molecule has 1 aromatic rings. The van der Waals surface area contributed by atoms with E-state index >= 15 is 0 Å². The topological polar surface area (TPSA) is 78.5 Å². The molecule has 0 unspecified atom stereocenters. The molecule has 1 saturated heterocycles. The predicted octanol–water partition coefficient (Wildman–Crippen LogP) is 2.16. The maximum Gasteiger partial charge on any atom is 0.251 e. The maximum absolute atomic E-state index is 12.1. The molecular formula is C18H29N3O3S. The first-order valence-corrected chi connectivity index (χ1v) is 10.7. The van der Waals surface area contributed by atoms with Gasteiger partial charge in [0.2, 0.25) is 10.0 Å². The first-order valence-electron chi connectivity index (χ1n) is 8.81. The number of nitrogens with zero attached hydrogens (tertiary/aromatic N) is 1. The molecule has 2 atom stereocenters. The van der Waals surface area contributed by atoms with Crippen LogP contribution in [0.2, 0.25) is 0 Å². The number of nitrogens with one attached hydrogen (secondary N) is 2. The maximum atomic E-state index is 12.1. The number of hydrogen-bond acceptors (Lipinski definition) is 4. The minimum atomic E-state index is -3.30. The summed E-state index contributed by atoms with van der Waals surface area (Å²) in [6.45, 7) is 8.53.